The molecule has 0 amide bonds. The molecule has 1 aliphatic rings. The van der Waals surface area contributed by atoms with Crippen LogP contribution in [0.25, 0.3) is 0 Å². The molecule has 0 atom stereocenters. The maximum Gasteiger partial charge on any atom is 0.168 e. The first-order chi connectivity index (χ1) is 13.1. The second-order valence-electron chi connectivity index (χ2n) is 6.06. The molecule has 0 N–H and O–H groups in total. The van der Waals surface area contributed by atoms with Gasteiger partial charge in [-0.2, -0.15) is 10.2 Å². The van der Waals surface area contributed by atoms with E-state index in [0.29, 0.717) is 29.2 Å². The highest BCUT2D eigenvalue weighted by Gasteiger charge is 2.19. The predicted molar refractivity (Wildman–Crippen MR) is 101 cm³/mol. The van der Waals surface area contributed by atoms with Crippen LogP contribution in [0.2, 0.25) is 0 Å². The number of pyridine rings is 1. The third kappa shape index (κ3) is 4.63. The second-order valence-corrected chi connectivity index (χ2v) is 6.06. The van der Waals surface area contributed by atoms with Gasteiger partial charge in [0.25, 0.3) is 0 Å². The number of methoxy groups -OCH3 is 1. The van der Waals surface area contributed by atoms with Crippen molar-refractivity contribution in [2.45, 2.75) is 19.8 Å². The zero-order chi connectivity index (χ0) is 19.2. The molecule has 0 fully saturated rings. The number of nitrogens with zero attached hydrogens (tertiary/aromatic N) is 3. The summed E-state index contributed by atoms with van der Waals surface area (Å²) in [6, 6.07) is 10.5. The lowest BCUT2D eigenvalue weighted by atomic mass is 10.0. The number of carbonyl (C=O) groups excluding carboxylic acids is 2. The second kappa shape index (κ2) is 8.35. The van der Waals surface area contributed by atoms with Crippen LogP contribution in [0.1, 0.15) is 35.8 Å². The molecule has 2 aromatic rings. The van der Waals surface area contributed by atoms with Gasteiger partial charge in [-0.3, -0.25) is 14.6 Å². The maximum absolute atomic E-state index is 12.6. The fourth-order valence-electron chi connectivity index (χ4n) is 2.60. The van der Waals surface area contributed by atoms with Gasteiger partial charge in [-0.1, -0.05) is 6.07 Å². The van der Waals surface area contributed by atoms with Crippen molar-refractivity contribution in [3.8, 4) is 11.5 Å². The van der Waals surface area contributed by atoms with E-state index in [9.17, 15) is 9.59 Å². The molecule has 7 heteroatoms. The first-order valence-electron chi connectivity index (χ1n) is 8.44. The van der Waals surface area contributed by atoms with Gasteiger partial charge in [0.1, 0.15) is 6.61 Å². The Bertz CT molecular complexity index is 920. The molecule has 0 radical (unpaired) electrons. The summed E-state index contributed by atoms with van der Waals surface area (Å²) in [4.78, 5) is 27.9. The largest absolute Gasteiger partial charge is 0.493 e. The summed E-state index contributed by atoms with van der Waals surface area (Å²) in [5.74, 6) is 0.631. The summed E-state index contributed by atoms with van der Waals surface area (Å²) in [6.07, 6.45) is 2.36. The molecule has 0 saturated carbocycles. The van der Waals surface area contributed by atoms with Gasteiger partial charge in [0, 0.05) is 18.2 Å². The topological polar surface area (TPSA) is 90.2 Å². The van der Waals surface area contributed by atoms with Crippen molar-refractivity contribution in [3.63, 3.8) is 0 Å². The lowest BCUT2D eigenvalue weighted by Gasteiger charge is -2.11. The number of Topliss-reactive ketones (excluding diaryl/α,β-unsaturated/α-hetero) is 2. The van der Waals surface area contributed by atoms with Gasteiger partial charge in [0.2, 0.25) is 0 Å². The maximum atomic E-state index is 12.6. The molecule has 0 saturated heterocycles. The van der Waals surface area contributed by atoms with Crippen LogP contribution in [0.4, 0.5) is 0 Å². The van der Waals surface area contributed by atoms with Gasteiger partial charge in [0.05, 0.1) is 30.6 Å². The van der Waals surface area contributed by atoms with Crippen LogP contribution in [0, 0.1) is 0 Å². The predicted octanol–water partition coefficient (Wildman–Crippen LogP) is 2.88. The number of rotatable bonds is 8. The van der Waals surface area contributed by atoms with Crippen molar-refractivity contribution < 1.29 is 19.1 Å². The third-order valence-electron chi connectivity index (χ3n) is 3.93. The Morgan fingerprint density at radius 2 is 1.96 bits per heavy atom. The smallest absolute Gasteiger partial charge is 0.168 e. The van der Waals surface area contributed by atoms with Crippen LogP contribution < -0.4 is 9.47 Å². The Hall–Kier alpha value is -3.35. The van der Waals surface area contributed by atoms with E-state index in [1.807, 2.05) is 18.2 Å². The van der Waals surface area contributed by atoms with E-state index in [-0.39, 0.29) is 24.6 Å². The van der Waals surface area contributed by atoms with E-state index in [1.165, 1.54) is 14.0 Å². The summed E-state index contributed by atoms with van der Waals surface area (Å²) in [6.45, 7) is 1.39. The van der Waals surface area contributed by atoms with E-state index in [4.69, 9.17) is 9.47 Å². The SMILES string of the molecule is COc1cc(C(=O)CC2=NN=C(c3ccccn3)C2)ccc1OCC(C)=O. The minimum atomic E-state index is -0.0971. The minimum Gasteiger partial charge on any atom is -0.493 e. The molecule has 0 aliphatic carbocycles. The Morgan fingerprint density at radius 3 is 2.67 bits per heavy atom. The van der Waals surface area contributed by atoms with E-state index in [0.717, 1.165) is 11.4 Å². The Balaban J connectivity index is 1.64. The summed E-state index contributed by atoms with van der Waals surface area (Å²) >= 11 is 0. The van der Waals surface area contributed by atoms with Crippen molar-refractivity contribution >= 4 is 23.0 Å². The van der Waals surface area contributed by atoms with Gasteiger partial charge in [-0.05, 0) is 37.3 Å². The first kappa shape index (κ1) is 18.4. The van der Waals surface area contributed by atoms with Crippen molar-refractivity contribution in [3.05, 3.63) is 53.9 Å². The Kier molecular flexibility index (Phi) is 5.71. The van der Waals surface area contributed by atoms with Gasteiger partial charge >= 0.3 is 0 Å². The highest BCUT2D eigenvalue weighted by atomic mass is 16.5. The molecule has 3 rings (SSSR count). The number of benzene rings is 1. The first-order valence-corrected chi connectivity index (χ1v) is 8.44. The molecule has 27 heavy (non-hydrogen) atoms. The summed E-state index contributed by atoms with van der Waals surface area (Å²) in [5.41, 5.74) is 2.69. The van der Waals surface area contributed by atoms with Crippen molar-refractivity contribution in [1.29, 1.82) is 0 Å². The Labute approximate surface area is 156 Å². The monoisotopic (exact) mass is 365 g/mol. The van der Waals surface area contributed by atoms with Crippen molar-refractivity contribution in [2.24, 2.45) is 10.2 Å². The van der Waals surface area contributed by atoms with E-state index < -0.39 is 0 Å². The van der Waals surface area contributed by atoms with Gasteiger partial charge in [-0.15, -0.1) is 0 Å². The fourth-order valence-corrected chi connectivity index (χ4v) is 2.60. The van der Waals surface area contributed by atoms with Crippen LogP contribution in [0.15, 0.2) is 52.8 Å². The molecule has 2 heterocycles. The fraction of sp³-hybridized carbons (Fsp3) is 0.250. The van der Waals surface area contributed by atoms with Gasteiger partial charge in [-0.25, -0.2) is 0 Å². The quantitative estimate of drug-likeness (QED) is 0.671. The summed E-state index contributed by atoms with van der Waals surface area (Å²) in [5, 5.41) is 8.25. The summed E-state index contributed by atoms with van der Waals surface area (Å²) in [7, 11) is 1.48. The molecule has 0 bridgehead atoms. The molecule has 1 aliphatic heterocycles. The third-order valence-corrected chi connectivity index (χ3v) is 3.93. The Morgan fingerprint density at radius 1 is 1.11 bits per heavy atom. The average molecular weight is 365 g/mol. The molecule has 0 unspecified atom stereocenters. The van der Waals surface area contributed by atoms with Gasteiger partial charge < -0.3 is 9.47 Å². The zero-order valence-corrected chi connectivity index (χ0v) is 15.1. The highest BCUT2D eigenvalue weighted by molar-refractivity contribution is 6.20. The number of aromatic nitrogens is 1. The van der Waals surface area contributed by atoms with Crippen LogP contribution in [-0.4, -0.2) is 41.7 Å². The van der Waals surface area contributed by atoms with Gasteiger partial charge in [0.15, 0.2) is 23.1 Å². The van der Waals surface area contributed by atoms with Crippen molar-refractivity contribution in [1.82, 2.24) is 4.98 Å². The molecule has 0 spiro atoms. The molecule has 138 valence electrons. The number of ketones is 2. The van der Waals surface area contributed by atoms with E-state index >= 15 is 0 Å². The molecular formula is C20H19N3O4. The van der Waals surface area contributed by atoms with E-state index in [1.54, 1.807) is 24.4 Å². The molecule has 1 aromatic heterocycles. The number of hydrogen-bond acceptors (Lipinski definition) is 7. The molecular weight excluding hydrogens is 346 g/mol. The van der Waals surface area contributed by atoms with E-state index in [2.05, 4.69) is 15.2 Å². The van der Waals surface area contributed by atoms with Crippen molar-refractivity contribution in [2.75, 3.05) is 13.7 Å². The highest BCUT2D eigenvalue weighted by Crippen LogP contribution is 2.29. The normalized spacial score (nSPS) is 13.0. The molecule has 1 aromatic carbocycles. The van der Waals surface area contributed by atoms with Crippen LogP contribution in [0.5, 0.6) is 11.5 Å². The van der Waals surface area contributed by atoms with Crippen LogP contribution >= 0.6 is 0 Å². The number of carbonyl (C=O) groups is 2. The molecule has 7 nitrogen and oxygen atoms in total. The number of hydrogen-bond donors (Lipinski definition) is 0. The zero-order valence-electron chi connectivity index (χ0n) is 15.1. The van der Waals surface area contributed by atoms with Crippen LogP contribution in [-0.2, 0) is 4.79 Å². The summed E-state index contributed by atoms with van der Waals surface area (Å²) < 4.78 is 10.6. The standard InChI is InChI=1S/C20H19N3O4/c1-13(24)12-27-19-7-6-14(9-20(19)26-2)18(25)11-15-10-17(23-22-15)16-5-3-4-8-21-16/h3-9H,10-12H2,1-2H3. The minimum absolute atomic E-state index is 0.0475. The van der Waals surface area contributed by atoms with Crippen LogP contribution in [0.3, 0.4) is 0 Å². The number of ether oxygens (including phenoxy) is 2. The lowest BCUT2D eigenvalue weighted by molar-refractivity contribution is -0.118. The lowest BCUT2D eigenvalue weighted by Crippen LogP contribution is -2.11. The average Bonchev–Trinajstić information content (AvgIpc) is 3.15.